The molecule has 1 fully saturated rings. The monoisotopic (exact) mass is 194 g/mol. The summed E-state index contributed by atoms with van der Waals surface area (Å²) in [5.74, 6) is 0.593. The predicted octanol–water partition coefficient (Wildman–Crippen LogP) is 1.99. The first kappa shape index (κ1) is 11.0. The van der Waals surface area contributed by atoms with Crippen molar-refractivity contribution in [3.63, 3.8) is 0 Å². The number of nitrogens with one attached hydrogen (secondary N) is 1. The molecule has 0 spiro atoms. The highest BCUT2D eigenvalue weighted by Crippen LogP contribution is 2.29. The van der Waals surface area contributed by atoms with Crippen molar-refractivity contribution in [1.82, 2.24) is 5.32 Å². The fourth-order valence-electron chi connectivity index (χ4n) is 1.51. The molecule has 1 saturated carbocycles. The van der Waals surface area contributed by atoms with Crippen LogP contribution in [-0.2, 0) is 4.79 Å². The molecule has 1 unspecified atom stereocenters. The van der Waals surface area contributed by atoms with Gasteiger partial charge in [-0.15, -0.1) is 0 Å². The molecule has 0 aliphatic heterocycles. The molecule has 78 valence electrons. The molecule has 1 rings (SSSR count). The van der Waals surface area contributed by atoms with Crippen LogP contribution in [0.3, 0.4) is 0 Å². The van der Waals surface area contributed by atoms with Crippen molar-refractivity contribution in [3.8, 4) is 6.07 Å². The van der Waals surface area contributed by atoms with E-state index >= 15 is 0 Å². The first-order chi connectivity index (χ1) is 6.59. The quantitative estimate of drug-likeness (QED) is 0.744. The summed E-state index contributed by atoms with van der Waals surface area (Å²) in [7, 11) is 0. The first-order valence-corrected chi connectivity index (χ1v) is 5.32. The molecule has 0 heterocycles. The summed E-state index contributed by atoms with van der Waals surface area (Å²) in [6, 6.07) is 2.14. The second-order valence-corrected chi connectivity index (χ2v) is 4.35. The largest absolute Gasteiger partial charge is 0.338 e. The van der Waals surface area contributed by atoms with Gasteiger partial charge in [-0.3, -0.25) is 4.79 Å². The topological polar surface area (TPSA) is 52.9 Å². The predicted molar refractivity (Wildman–Crippen MR) is 54.4 cm³/mol. The van der Waals surface area contributed by atoms with Crippen LogP contribution in [0.5, 0.6) is 0 Å². The van der Waals surface area contributed by atoms with Crippen LogP contribution in [-0.4, -0.2) is 11.4 Å². The number of nitrogens with zero attached hydrogens (tertiary/aromatic N) is 1. The molecule has 0 aromatic heterocycles. The highest BCUT2D eigenvalue weighted by Gasteiger charge is 2.26. The first-order valence-electron chi connectivity index (χ1n) is 5.32. The number of rotatable bonds is 4. The zero-order valence-corrected chi connectivity index (χ0v) is 8.97. The van der Waals surface area contributed by atoms with E-state index in [0.29, 0.717) is 18.8 Å². The molecule has 3 heteroatoms. The molecule has 14 heavy (non-hydrogen) atoms. The van der Waals surface area contributed by atoms with Crippen LogP contribution in [0.4, 0.5) is 0 Å². The highest BCUT2D eigenvalue weighted by molar-refractivity contribution is 5.77. The van der Waals surface area contributed by atoms with Crippen LogP contribution in [0.15, 0.2) is 0 Å². The van der Waals surface area contributed by atoms with Gasteiger partial charge in [0, 0.05) is 6.42 Å². The second kappa shape index (κ2) is 4.45. The number of amides is 1. The molecule has 0 radical (unpaired) electrons. The third kappa shape index (κ3) is 2.73. The number of hydrogen-bond acceptors (Lipinski definition) is 2. The van der Waals surface area contributed by atoms with Gasteiger partial charge in [-0.05, 0) is 32.1 Å². The summed E-state index contributed by atoms with van der Waals surface area (Å²) < 4.78 is 0. The van der Waals surface area contributed by atoms with E-state index in [1.807, 2.05) is 6.92 Å². The van der Waals surface area contributed by atoms with Crippen LogP contribution < -0.4 is 5.32 Å². The van der Waals surface area contributed by atoms with E-state index in [1.54, 1.807) is 6.92 Å². The number of carbonyl (C=O) groups is 1. The third-order valence-electron chi connectivity index (χ3n) is 3.07. The molecule has 1 N–H and O–H groups in total. The molecular weight excluding hydrogens is 176 g/mol. The number of carbonyl (C=O) groups excluding carboxylic acids is 1. The minimum absolute atomic E-state index is 0.0283. The van der Waals surface area contributed by atoms with Crippen molar-refractivity contribution < 1.29 is 4.79 Å². The van der Waals surface area contributed by atoms with Gasteiger partial charge in [-0.25, -0.2) is 0 Å². The fourth-order valence-corrected chi connectivity index (χ4v) is 1.51. The van der Waals surface area contributed by atoms with Crippen LogP contribution in [0.2, 0.25) is 0 Å². The maximum absolute atomic E-state index is 11.5. The Balaban J connectivity index is 2.35. The SMILES string of the molecule is CCC(C)(C#N)NC(=O)CC1CCC1. The standard InChI is InChI=1S/C11H18N2O/c1-3-11(2,8-12)13-10(14)7-9-5-4-6-9/h9H,3-7H2,1-2H3,(H,13,14). The van der Waals surface area contributed by atoms with Crippen LogP contribution in [0, 0.1) is 17.2 Å². The Morgan fingerprint density at radius 1 is 1.64 bits per heavy atom. The zero-order valence-electron chi connectivity index (χ0n) is 8.97. The third-order valence-corrected chi connectivity index (χ3v) is 3.07. The van der Waals surface area contributed by atoms with Crippen LogP contribution in [0.1, 0.15) is 46.0 Å². The van der Waals surface area contributed by atoms with Crippen molar-refractivity contribution in [2.45, 2.75) is 51.5 Å². The minimum Gasteiger partial charge on any atom is -0.338 e. The molecule has 0 aromatic carbocycles. The summed E-state index contributed by atoms with van der Waals surface area (Å²) in [5, 5.41) is 11.7. The second-order valence-electron chi connectivity index (χ2n) is 4.35. The molecule has 0 aromatic rings. The molecule has 0 bridgehead atoms. The van der Waals surface area contributed by atoms with Crippen molar-refractivity contribution >= 4 is 5.91 Å². The van der Waals surface area contributed by atoms with Gasteiger partial charge in [-0.2, -0.15) is 5.26 Å². The van der Waals surface area contributed by atoms with E-state index < -0.39 is 5.54 Å². The van der Waals surface area contributed by atoms with E-state index in [9.17, 15) is 4.79 Å². The molecule has 1 aliphatic carbocycles. The summed E-state index contributed by atoms with van der Waals surface area (Å²) in [6.45, 7) is 3.68. The summed E-state index contributed by atoms with van der Waals surface area (Å²) in [4.78, 5) is 11.5. The maximum atomic E-state index is 11.5. The Kier molecular flexibility index (Phi) is 3.51. The van der Waals surface area contributed by atoms with Gasteiger partial charge in [0.05, 0.1) is 6.07 Å². The molecule has 3 nitrogen and oxygen atoms in total. The lowest BCUT2D eigenvalue weighted by molar-refractivity contribution is -0.123. The molecule has 1 aliphatic rings. The smallest absolute Gasteiger partial charge is 0.221 e. The Bertz CT molecular complexity index is 253. The fraction of sp³-hybridized carbons (Fsp3) is 0.818. The Labute approximate surface area is 85.5 Å². The Hall–Kier alpha value is -1.04. The van der Waals surface area contributed by atoms with E-state index in [4.69, 9.17) is 5.26 Å². The maximum Gasteiger partial charge on any atom is 0.221 e. The van der Waals surface area contributed by atoms with E-state index in [0.717, 1.165) is 0 Å². The lowest BCUT2D eigenvalue weighted by Gasteiger charge is -2.27. The number of nitriles is 1. The molecule has 0 saturated heterocycles. The highest BCUT2D eigenvalue weighted by atomic mass is 16.1. The normalized spacial score (nSPS) is 20.4. The van der Waals surface area contributed by atoms with E-state index in [1.165, 1.54) is 19.3 Å². The summed E-state index contributed by atoms with van der Waals surface area (Å²) in [5.41, 5.74) is -0.680. The van der Waals surface area contributed by atoms with Crippen LogP contribution >= 0.6 is 0 Å². The Morgan fingerprint density at radius 2 is 2.29 bits per heavy atom. The molecule has 1 atom stereocenters. The van der Waals surface area contributed by atoms with Crippen molar-refractivity contribution in [2.75, 3.05) is 0 Å². The van der Waals surface area contributed by atoms with Gasteiger partial charge in [-0.1, -0.05) is 13.3 Å². The zero-order chi connectivity index (χ0) is 10.6. The summed E-state index contributed by atoms with van der Waals surface area (Å²) in [6.07, 6.45) is 4.84. The average molecular weight is 194 g/mol. The number of hydrogen-bond donors (Lipinski definition) is 1. The van der Waals surface area contributed by atoms with Gasteiger partial charge in [0.1, 0.15) is 5.54 Å². The minimum atomic E-state index is -0.680. The van der Waals surface area contributed by atoms with Crippen molar-refractivity contribution in [1.29, 1.82) is 5.26 Å². The lowest BCUT2D eigenvalue weighted by Crippen LogP contribution is -2.45. The summed E-state index contributed by atoms with van der Waals surface area (Å²) >= 11 is 0. The lowest BCUT2D eigenvalue weighted by atomic mass is 9.82. The van der Waals surface area contributed by atoms with Gasteiger partial charge in [0.25, 0.3) is 0 Å². The van der Waals surface area contributed by atoms with E-state index in [-0.39, 0.29) is 5.91 Å². The van der Waals surface area contributed by atoms with Crippen LogP contribution in [0.25, 0.3) is 0 Å². The van der Waals surface area contributed by atoms with Gasteiger partial charge >= 0.3 is 0 Å². The molecular formula is C11H18N2O. The van der Waals surface area contributed by atoms with Gasteiger partial charge in [0.15, 0.2) is 0 Å². The van der Waals surface area contributed by atoms with E-state index in [2.05, 4.69) is 11.4 Å². The van der Waals surface area contributed by atoms with Crippen molar-refractivity contribution in [2.24, 2.45) is 5.92 Å². The van der Waals surface area contributed by atoms with Gasteiger partial charge in [0.2, 0.25) is 5.91 Å². The molecule has 1 amide bonds. The Morgan fingerprint density at radius 3 is 2.64 bits per heavy atom. The van der Waals surface area contributed by atoms with Gasteiger partial charge < -0.3 is 5.32 Å². The average Bonchev–Trinajstić information content (AvgIpc) is 2.11. The van der Waals surface area contributed by atoms with Crippen molar-refractivity contribution in [3.05, 3.63) is 0 Å².